The van der Waals surface area contributed by atoms with Crippen molar-refractivity contribution < 1.29 is 9.21 Å². The first-order valence-corrected chi connectivity index (χ1v) is 6.53. The molecular formula is C14H22N2O2. The Morgan fingerprint density at radius 3 is 2.89 bits per heavy atom. The summed E-state index contributed by atoms with van der Waals surface area (Å²) in [6, 6.07) is 3.86. The molecule has 4 heteroatoms. The number of piperidine rings is 1. The van der Waals surface area contributed by atoms with Crippen molar-refractivity contribution in [3.8, 4) is 0 Å². The molecule has 1 amide bonds. The first kappa shape index (κ1) is 13.1. The van der Waals surface area contributed by atoms with Gasteiger partial charge in [-0.25, -0.2) is 0 Å². The monoisotopic (exact) mass is 250 g/mol. The Kier molecular flexibility index (Phi) is 3.76. The second kappa shape index (κ2) is 5.14. The average molecular weight is 250 g/mol. The smallest absolute Gasteiger partial charge is 0.229 e. The number of aryl methyl sites for hydroxylation is 1. The van der Waals surface area contributed by atoms with Gasteiger partial charge < -0.3 is 14.6 Å². The van der Waals surface area contributed by atoms with Crippen LogP contribution in [0.4, 0.5) is 0 Å². The predicted octanol–water partition coefficient (Wildman–Crippen LogP) is 1.94. The zero-order chi connectivity index (χ0) is 13.2. The molecule has 1 aliphatic heterocycles. The molecule has 0 aliphatic carbocycles. The fourth-order valence-corrected chi connectivity index (χ4v) is 2.58. The van der Waals surface area contributed by atoms with Crippen molar-refractivity contribution in [2.24, 2.45) is 5.41 Å². The van der Waals surface area contributed by atoms with Gasteiger partial charge in [-0.05, 0) is 45.4 Å². The van der Waals surface area contributed by atoms with Gasteiger partial charge >= 0.3 is 0 Å². The molecule has 1 fully saturated rings. The van der Waals surface area contributed by atoms with Crippen LogP contribution in [0.25, 0.3) is 0 Å². The van der Waals surface area contributed by atoms with Crippen molar-refractivity contribution in [1.29, 1.82) is 0 Å². The highest BCUT2D eigenvalue weighted by atomic mass is 16.3. The van der Waals surface area contributed by atoms with Gasteiger partial charge in [0.15, 0.2) is 0 Å². The van der Waals surface area contributed by atoms with Gasteiger partial charge in [0.05, 0.1) is 12.0 Å². The topological polar surface area (TPSA) is 45.5 Å². The van der Waals surface area contributed by atoms with Crippen LogP contribution in [-0.2, 0) is 11.3 Å². The summed E-state index contributed by atoms with van der Waals surface area (Å²) in [6.45, 7) is 6.29. The van der Waals surface area contributed by atoms with Crippen molar-refractivity contribution in [3.63, 3.8) is 0 Å². The third-order valence-electron chi connectivity index (χ3n) is 3.65. The summed E-state index contributed by atoms with van der Waals surface area (Å²) < 4.78 is 5.52. The minimum Gasteiger partial charge on any atom is -0.464 e. The highest BCUT2D eigenvalue weighted by Gasteiger charge is 2.36. The Hall–Kier alpha value is -1.29. The molecule has 1 aromatic heterocycles. The molecule has 0 aromatic carbocycles. The second-order valence-corrected chi connectivity index (χ2v) is 5.51. The summed E-state index contributed by atoms with van der Waals surface area (Å²) in [5, 5.41) is 3.31. The van der Waals surface area contributed by atoms with Crippen LogP contribution in [0.1, 0.15) is 31.3 Å². The van der Waals surface area contributed by atoms with Crippen LogP contribution in [0, 0.1) is 12.3 Å². The quantitative estimate of drug-likeness (QED) is 0.891. The fraction of sp³-hybridized carbons (Fsp3) is 0.643. The van der Waals surface area contributed by atoms with Gasteiger partial charge in [0, 0.05) is 13.6 Å². The molecule has 1 saturated heterocycles. The summed E-state index contributed by atoms with van der Waals surface area (Å²) in [5.74, 6) is 1.93. The number of hydrogen-bond acceptors (Lipinski definition) is 3. The van der Waals surface area contributed by atoms with Gasteiger partial charge in [-0.15, -0.1) is 0 Å². The molecule has 18 heavy (non-hydrogen) atoms. The zero-order valence-corrected chi connectivity index (χ0v) is 11.5. The van der Waals surface area contributed by atoms with Crippen LogP contribution in [-0.4, -0.2) is 30.9 Å². The molecule has 0 spiro atoms. The molecule has 1 atom stereocenters. The first-order valence-electron chi connectivity index (χ1n) is 6.53. The van der Waals surface area contributed by atoms with E-state index in [1.165, 1.54) is 0 Å². The zero-order valence-electron chi connectivity index (χ0n) is 11.5. The minimum atomic E-state index is -0.269. The largest absolute Gasteiger partial charge is 0.464 e. The molecule has 4 nitrogen and oxygen atoms in total. The Morgan fingerprint density at radius 1 is 1.56 bits per heavy atom. The van der Waals surface area contributed by atoms with Gasteiger partial charge in [-0.2, -0.15) is 0 Å². The Bertz CT molecular complexity index is 419. The Labute approximate surface area is 108 Å². The normalized spacial score (nSPS) is 23.9. The van der Waals surface area contributed by atoms with Crippen molar-refractivity contribution in [2.75, 3.05) is 20.1 Å². The van der Waals surface area contributed by atoms with Crippen LogP contribution in [0.3, 0.4) is 0 Å². The SMILES string of the molecule is Cc1ccc(CN(C)C(=O)C2(C)CCCNC2)o1. The van der Waals surface area contributed by atoms with Crippen molar-refractivity contribution in [2.45, 2.75) is 33.2 Å². The number of rotatable bonds is 3. The second-order valence-electron chi connectivity index (χ2n) is 5.51. The molecule has 1 aliphatic rings. The van der Waals surface area contributed by atoms with Crippen molar-refractivity contribution in [1.82, 2.24) is 10.2 Å². The van der Waals surface area contributed by atoms with E-state index < -0.39 is 0 Å². The van der Waals surface area contributed by atoms with E-state index in [9.17, 15) is 4.79 Å². The number of carbonyl (C=O) groups excluding carboxylic acids is 1. The summed E-state index contributed by atoms with van der Waals surface area (Å²) in [5.41, 5.74) is -0.269. The molecule has 2 rings (SSSR count). The van der Waals surface area contributed by atoms with E-state index in [4.69, 9.17) is 4.42 Å². The number of carbonyl (C=O) groups is 1. The number of amides is 1. The van der Waals surface area contributed by atoms with Gasteiger partial charge in [-0.3, -0.25) is 4.79 Å². The molecule has 1 aromatic rings. The third-order valence-corrected chi connectivity index (χ3v) is 3.65. The van der Waals surface area contributed by atoms with E-state index in [1.807, 2.05) is 33.0 Å². The maximum atomic E-state index is 12.5. The molecule has 0 saturated carbocycles. The van der Waals surface area contributed by atoms with E-state index in [-0.39, 0.29) is 11.3 Å². The number of nitrogens with zero attached hydrogens (tertiary/aromatic N) is 1. The fourth-order valence-electron chi connectivity index (χ4n) is 2.58. The van der Waals surface area contributed by atoms with Gasteiger partial charge in [0.25, 0.3) is 0 Å². The summed E-state index contributed by atoms with van der Waals surface area (Å²) in [7, 11) is 1.85. The molecule has 0 radical (unpaired) electrons. The lowest BCUT2D eigenvalue weighted by atomic mass is 9.81. The molecule has 0 bridgehead atoms. The molecule has 1 unspecified atom stereocenters. The van der Waals surface area contributed by atoms with E-state index in [0.29, 0.717) is 6.54 Å². The lowest BCUT2D eigenvalue weighted by Gasteiger charge is -2.35. The third kappa shape index (κ3) is 2.75. The lowest BCUT2D eigenvalue weighted by molar-refractivity contribution is -0.141. The number of furan rings is 1. The minimum absolute atomic E-state index is 0.198. The number of nitrogens with one attached hydrogen (secondary N) is 1. The van der Waals surface area contributed by atoms with Crippen LogP contribution in [0.5, 0.6) is 0 Å². The summed E-state index contributed by atoms with van der Waals surface area (Å²) >= 11 is 0. The van der Waals surface area contributed by atoms with E-state index in [2.05, 4.69) is 5.32 Å². The highest BCUT2D eigenvalue weighted by Crippen LogP contribution is 2.28. The molecule has 2 heterocycles. The maximum absolute atomic E-state index is 12.5. The van der Waals surface area contributed by atoms with Gasteiger partial charge in [-0.1, -0.05) is 0 Å². The summed E-state index contributed by atoms with van der Waals surface area (Å²) in [6.07, 6.45) is 2.02. The summed E-state index contributed by atoms with van der Waals surface area (Å²) in [4.78, 5) is 14.2. The molecule has 100 valence electrons. The maximum Gasteiger partial charge on any atom is 0.229 e. The van der Waals surface area contributed by atoms with Crippen molar-refractivity contribution in [3.05, 3.63) is 23.7 Å². The van der Waals surface area contributed by atoms with Gasteiger partial charge in [0.1, 0.15) is 11.5 Å². The molecular weight excluding hydrogens is 228 g/mol. The van der Waals surface area contributed by atoms with Gasteiger partial charge in [0.2, 0.25) is 5.91 Å². The lowest BCUT2D eigenvalue weighted by Crippen LogP contribution is -2.48. The standard InChI is InChI=1S/C14H22N2O2/c1-11-5-6-12(18-11)9-16(3)13(17)14(2)7-4-8-15-10-14/h5-6,15H,4,7-10H2,1-3H3. The number of hydrogen-bond donors (Lipinski definition) is 1. The van der Waals surface area contributed by atoms with Crippen molar-refractivity contribution >= 4 is 5.91 Å². The van der Waals surface area contributed by atoms with E-state index in [0.717, 1.165) is 37.5 Å². The Morgan fingerprint density at radius 2 is 2.33 bits per heavy atom. The van der Waals surface area contributed by atoms with Crippen LogP contribution < -0.4 is 5.32 Å². The first-order chi connectivity index (χ1) is 8.51. The molecule has 1 N–H and O–H groups in total. The predicted molar refractivity (Wildman–Crippen MR) is 70.1 cm³/mol. The van der Waals surface area contributed by atoms with E-state index in [1.54, 1.807) is 4.90 Å². The highest BCUT2D eigenvalue weighted by molar-refractivity contribution is 5.82. The van der Waals surface area contributed by atoms with Crippen LogP contribution in [0.15, 0.2) is 16.5 Å². The van der Waals surface area contributed by atoms with E-state index >= 15 is 0 Å². The van der Waals surface area contributed by atoms with Crippen LogP contribution >= 0.6 is 0 Å². The van der Waals surface area contributed by atoms with Crippen LogP contribution in [0.2, 0.25) is 0 Å². The Balaban J connectivity index is 1.99. The average Bonchev–Trinajstić information content (AvgIpc) is 2.74.